The van der Waals surface area contributed by atoms with E-state index in [-0.39, 0.29) is 0 Å². The molecule has 1 rings (SSSR count). The predicted octanol–water partition coefficient (Wildman–Crippen LogP) is 7.40. The highest BCUT2D eigenvalue weighted by Gasteiger charge is 2.34. The minimum absolute atomic E-state index is 0.438. The molecule has 1 aliphatic rings. The van der Waals surface area contributed by atoms with Gasteiger partial charge in [0, 0.05) is 12.3 Å². The molecule has 0 aliphatic heterocycles. The van der Waals surface area contributed by atoms with Crippen LogP contribution >= 0.6 is 0 Å². The van der Waals surface area contributed by atoms with E-state index in [9.17, 15) is 0 Å². The van der Waals surface area contributed by atoms with Crippen molar-refractivity contribution in [2.75, 3.05) is 13.2 Å². The molecule has 0 amide bonds. The summed E-state index contributed by atoms with van der Waals surface area (Å²) in [5, 5.41) is 0. The van der Waals surface area contributed by atoms with E-state index in [1.807, 2.05) is 6.92 Å². The van der Waals surface area contributed by atoms with Gasteiger partial charge in [0.15, 0.2) is 0 Å². The third kappa shape index (κ3) is 6.73. The van der Waals surface area contributed by atoms with Crippen LogP contribution in [-0.2, 0) is 9.16 Å². The van der Waals surface area contributed by atoms with E-state index >= 15 is 0 Å². The largest absolute Gasteiger partial charge is 0.547 e. The van der Waals surface area contributed by atoms with Crippen molar-refractivity contribution in [2.24, 2.45) is 5.92 Å². The molecule has 150 valence electrons. The van der Waals surface area contributed by atoms with E-state index < -0.39 is 8.32 Å². The Morgan fingerprint density at radius 1 is 1.08 bits per heavy atom. The summed E-state index contributed by atoms with van der Waals surface area (Å²) in [7, 11) is -1.62. The van der Waals surface area contributed by atoms with Gasteiger partial charge in [-0.05, 0) is 61.9 Å². The SMILES string of the molecule is C=C(C)COCC(=C)[C@H]1CCCC(O[Si](CC)(CC)CC)=C1CCCC. The van der Waals surface area contributed by atoms with Crippen LogP contribution < -0.4 is 0 Å². The van der Waals surface area contributed by atoms with Gasteiger partial charge < -0.3 is 9.16 Å². The Bertz CT molecular complexity index is 480. The van der Waals surface area contributed by atoms with Crippen molar-refractivity contribution in [3.8, 4) is 0 Å². The lowest BCUT2D eigenvalue weighted by atomic mass is 9.80. The van der Waals surface area contributed by atoms with Crippen LogP contribution in [0.25, 0.3) is 0 Å². The molecular weight excluding hydrogens is 336 g/mol. The van der Waals surface area contributed by atoms with Crippen molar-refractivity contribution >= 4 is 8.32 Å². The zero-order valence-electron chi connectivity index (χ0n) is 18.1. The Labute approximate surface area is 163 Å². The average molecular weight is 379 g/mol. The first-order valence-electron chi connectivity index (χ1n) is 10.7. The second-order valence-electron chi connectivity index (χ2n) is 7.95. The molecule has 1 atom stereocenters. The molecule has 26 heavy (non-hydrogen) atoms. The van der Waals surface area contributed by atoms with E-state index in [4.69, 9.17) is 9.16 Å². The number of ether oxygens (including phenoxy) is 1. The van der Waals surface area contributed by atoms with Crippen molar-refractivity contribution < 1.29 is 9.16 Å². The van der Waals surface area contributed by atoms with Gasteiger partial charge in [0.05, 0.1) is 19.0 Å². The lowest BCUT2D eigenvalue weighted by Crippen LogP contribution is -2.36. The monoisotopic (exact) mass is 378 g/mol. The van der Waals surface area contributed by atoms with E-state index in [2.05, 4.69) is 40.9 Å². The molecule has 0 heterocycles. The van der Waals surface area contributed by atoms with Crippen LogP contribution in [0.5, 0.6) is 0 Å². The molecule has 0 fully saturated rings. The van der Waals surface area contributed by atoms with Gasteiger partial charge in [-0.15, -0.1) is 0 Å². The van der Waals surface area contributed by atoms with Gasteiger partial charge in [-0.25, -0.2) is 0 Å². The lowest BCUT2D eigenvalue weighted by Gasteiger charge is -2.36. The Morgan fingerprint density at radius 3 is 2.27 bits per heavy atom. The van der Waals surface area contributed by atoms with Crippen LogP contribution in [0.3, 0.4) is 0 Å². The number of unbranched alkanes of at least 4 members (excludes halogenated alkanes) is 1. The average Bonchev–Trinajstić information content (AvgIpc) is 2.64. The zero-order valence-corrected chi connectivity index (χ0v) is 19.1. The van der Waals surface area contributed by atoms with Gasteiger partial charge in [0.1, 0.15) is 0 Å². The standard InChI is InChI=1S/C23H42O2Si/c1-8-12-14-22-21(20(7)18-24-17-19(5)6)15-13-16-23(22)25-26(9-2,10-3)11-4/h21H,5,7-18H2,1-4,6H3/t21-/m1/s1. The van der Waals surface area contributed by atoms with Gasteiger partial charge in [-0.3, -0.25) is 0 Å². The van der Waals surface area contributed by atoms with Crippen LogP contribution in [0.2, 0.25) is 18.1 Å². The van der Waals surface area contributed by atoms with Crippen LogP contribution in [-0.4, -0.2) is 21.5 Å². The Balaban J connectivity index is 3.01. The van der Waals surface area contributed by atoms with Gasteiger partial charge in [-0.1, -0.05) is 52.8 Å². The van der Waals surface area contributed by atoms with Crippen molar-refractivity contribution in [1.29, 1.82) is 0 Å². The first-order valence-corrected chi connectivity index (χ1v) is 13.3. The fraction of sp³-hybridized carbons (Fsp3) is 0.739. The maximum absolute atomic E-state index is 6.88. The molecule has 0 spiro atoms. The molecule has 0 bridgehead atoms. The smallest absolute Gasteiger partial charge is 0.250 e. The van der Waals surface area contributed by atoms with E-state index in [1.54, 1.807) is 0 Å². The van der Waals surface area contributed by atoms with Crippen molar-refractivity contribution in [2.45, 2.75) is 91.3 Å². The first kappa shape index (κ1) is 23.2. The third-order valence-corrected chi connectivity index (χ3v) is 10.4. The first-order chi connectivity index (χ1) is 12.4. The maximum Gasteiger partial charge on any atom is 0.250 e. The van der Waals surface area contributed by atoms with Gasteiger partial charge in [0.2, 0.25) is 8.32 Å². The summed E-state index contributed by atoms with van der Waals surface area (Å²) in [6.45, 7) is 20.8. The van der Waals surface area contributed by atoms with Gasteiger partial charge in [-0.2, -0.15) is 0 Å². The summed E-state index contributed by atoms with van der Waals surface area (Å²) < 4.78 is 12.7. The van der Waals surface area contributed by atoms with E-state index in [1.165, 1.54) is 60.7 Å². The van der Waals surface area contributed by atoms with Crippen molar-refractivity contribution in [1.82, 2.24) is 0 Å². The molecule has 0 unspecified atom stereocenters. The van der Waals surface area contributed by atoms with Crippen LogP contribution in [0.1, 0.15) is 73.1 Å². The van der Waals surface area contributed by atoms with Crippen molar-refractivity contribution in [3.05, 3.63) is 35.6 Å². The quantitative estimate of drug-likeness (QED) is 0.245. The fourth-order valence-corrected chi connectivity index (χ4v) is 6.62. The van der Waals surface area contributed by atoms with Crippen LogP contribution in [0.4, 0.5) is 0 Å². The molecule has 0 saturated heterocycles. The number of allylic oxidation sites excluding steroid dienone is 2. The minimum atomic E-state index is -1.62. The van der Waals surface area contributed by atoms with Gasteiger partial charge >= 0.3 is 0 Å². The molecule has 1 aliphatic carbocycles. The second-order valence-corrected chi connectivity index (χ2v) is 12.6. The number of hydrogen-bond acceptors (Lipinski definition) is 2. The highest BCUT2D eigenvalue weighted by molar-refractivity contribution is 6.73. The summed E-state index contributed by atoms with van der Waals surface area (Å²) in [6, 6.07) is 3.62. The third-order valence-electron chi connectivity index (χ3n) is 5.88. The lowest BCUT2D eigenvalue weighted by molar-refractivity contribution is 0.172. The Morgan fingerprint density at radius 2 is 1.73 bits per heavy atom. The molecule has 0 aromatic rings. The molecule has 0 saturated carbocycles. The second kappa shape index (κ2) is 11.8. The predicted molar refractivity (Wildman–Crippen MR) is 117 cm³/mol. The Hall–Kier alpha value is -0.803. The summed E-state index contributed by atoms with van der Waals surface area (Å²) in [5.74, 6) is 1.76. The number of hydrogen-bond donors (Lipinski definition) is 0. The highest BCUT2D eigenvalue weighted by atomic mass is 28.4. The molecule has 0 aromatic heterocycles. The normalized spacial score (nSPS) is 18.1. The topological polar surface area (TPSA) is 18.5 Å². The molecule has 3 heteroatoms. The molecule has 0 aromatic carbocycles. The summed E-state index contributed by atoms with van der Waals surface area (Å²) >= 11 is 0. The van der Waals surface area contributed by atoms with E-state index in [0.717, 1.165) is 18.4 Å². The molecule has 0 N–H and O–H groups in total. The molecular formula is C23H42O2Si. The van der Waals surface area contributed by atoms with Crippen LogP contribution in [0.15, 0.2) is 35.6 Å². The van der Waals surface area contributed by atoms with Crippen molar-refractivity contribution in [3.63, 3.8) is 0 Å². The van der Waals surface area contributed by atoms with Gasteiger partial charge in [0.25, 0.3) is 0 Å². The minimum Gasteiger partial charge on any atom is -0.547 e. The molecule has 0 radical (unpaired) electrons. The summed E-state index contributed by atoms with van der Waals surface area (Å²) in [5.41, 5.74) is 3.82. The fourth-order valence-electron chi connectivity index (χ4n) is 3.93. The molecule has 2 nitrogen and oxygen atoms in total. The maximum atomic E-state index is 6.88. The van der Waals surface area contributed by atoms with E-state index in [0.29, 0.717) is 19.1 Å². The highest BCUT2D eigenvalue weighted by Crippen LogP contribution is 2.40. The number of rotatable bonds is 13. The zero-order chi connectivity index (χ0) is 19.6. The Kier molecular flexibility index (Phi) is 10.6. The summed E-state index contributed by atoms with van der Waals surface area (Å²) in [6.07, 6.45) is 7.12. The summed E-state index contributed by atoms with van der Waals surface area (Å²) in [4.78, 5) is 0. The van der Waals surface area contributed by atoms with Crippen LogP contribution in [0, 0.1) is 5.92 Å².